The van der Waals surface area contributed by atoms with Crippen molar-refractivity contribution in [2.24, 2.45) is 0 Å². The first-order valence-corrected chi connectivity index (χ1v) is 10.9. The van der Waals surface area contributed by atoms with E-state index in [9.17, 15) is 0 Å². The smallest absolute Gasteiger partial charge is 0.00617 e. The van der Waals surface area contributed by atoms with E-state index in [0.717, 1.165) is 16.3 Å². The normalized spacial score (nSPS) is 23.5. The molecule has 0 N–H and O–H groups in total. The molecule has 2 aliphatic rings. The minimum absolute atomic E-state index is 0.00111. The first-order chi connectivity index (χ1) is 9.35. The van der Waals surface area contributed by atoms with E-state index in [-0.39, 0.29) is 21.8 Å². The average molecular weight is 315 g/mol. The van der Waals surface area contributed by atoms with Crippen LogP contribution in [-0.4, -0.2) is 16.3 Å². The van der Waals surface area contributed by atoms with Crippen molar-refractivity contribution in [3.05, 3.63) is 45.9 Å². The Hall–Kier alpha value is 0.01000. The van der Waals surface area contributed by atoms with E-state index in [4.69, 9.17) is 0 Å². The molecule has 0 amide bonds. The molecule has 0 bridgehead atoms. The second kappa shape index (κ2) is 8.33. The molecule has 0 nitrogen and oxygen atoms in total. The molecule has 2 aliphatic heterocycles. The Morgan fingerprint density at radius 2 is 1.26 bits per heavy atom. The van der Waals surface area contributed by atoms with Gasteiger partial charge in [-0.1, -0.05) is 31.2 Å². The fourth-order valence-electron chi connectivity index (χ4n) is 2.72. The highest BCUT2D eigenvalue weighted by molar-refractivity contribution is 8.23. The molecule has 0 saturated carbocycles. The van der Waals surface area contributed by atoms with E-state index in [1.54, 1.807) is 0 Å². The molecule has 2 heterocycles. The van der Waals surface area contributed by atoms with Gasteiger partial charge in [-0.05, 0) is 63.6 Å². The Bertz CT molecular complexity index is 357. The molecule has 0 aromatic carbocycles. The lowest BCUT2D eigenvalue weighted by molar-refractivity contribution is 0.649. The van der Waals surface area contributed by atoms with Gasteiger partial charge < -0.3 is 0 Å². The second-order valence-corrected chi connectivity index (χ2v) is 9.96. The van der Waals surface area contributed by atoms with E-state index < -0.39 is 0 Å². The van der Waals surface area contributed by atoms with Crippen molar-refractivity contribution in [3.63, 3.8) is 0 Å². The van der Waals surface area contributed by atoms with Crippen molar-refractivity contribution in [1.82, 2.24) is 0 Å². The maximum absolute atomic E-state index is 4.45. The fourth-order valence-corrected chi connectivity index (χ4v) is 7.35. The molecule has 0 aromatic rings. The van der Waals surface area contributed by atoms with Crippen molar-refractivity contribution >= 4 is 34.4 Å². The third-order valence-corrected chi connectivity index (χ3v) is 9.02. The van der Waals surface area contributed by atoms with Crippen LogP contribution in [0, 0.1) is 0 Å². The number of hydrogen-bond donors (Lipinski definition) is 3. The number of rotatable bonds is 8. The predicted molar refractivity (Wildman–Crippen MR) is 100 cm³/mol. The molecule has 0 radical (unpaired) electrons. The van der Waals surface area contributed by atoms with E-state index >= 15 is 0 Å². The fraction of sp³-hybridized carbons (Fsp3) is 0.500. The third-order valence-electron chi connectivity index (χ3n) is 3.86. The maximum Gasteiger partial charge on any atom is -0.00617 e. The molecule has 0 aliphatic carbocycles. The number of hydrogen-bond acceptors (Lipinski definition) is 1. The average Bonchev–Trinajstić information content (AvgIpc) is 3.11. The molecule has 0 saturated heterocycles. The highest BCUT2D eigenvalue weighted by Gasteiger charge is 2.19. The molecule has 2 atom stereocenters. The summed E-state index contributed by atoms with van der Waals surface area (Å²) in [5.74, 6) is 1.02. The van der Waals surface area contributed by atoms with Crippen LogP contribution in [-0.2, 0) is 0 Å². The van der Waals surface area contributed by atoms with Crippen LogP contribution < -0.4 is 0 Å². The SMILES string of the molecule is CCC(CCC(CCS)[SH]1C=CC=C1)[SH]1C=CC=C1. The minimum atomic E-state index is -0.00111. The Kier molecular flexibility index (Phi) is 6.75. The van der Waals surface area contributed by atoms with E-state index in [0.29, 0.717) is 0 Å². The lowest BCUT2D eigenvalue weighted by Crippen LogP contribution is -2.12. The third kappa shape index (κ3) is 4.51. The maximum atomic E-state index is 4.45. The molecule has 19 heavy (non-hydrogen) atoms. The van der Waals surface area contributed by atoms with E-state index in [1.165, 1.54) is 25.7 Å². The van der Waals surface area contributed by atoms with Crippen LogP contribution in [0.5, 0.6) is 0 Å². The Morgan fingerprint density at radius 3 is 1.74 bits per heavy atom. The first kappa shape index (κ1) is 15.4. The zero-order valence-electron chi connectivity index (χ0n) is 11.7. The number of thiol groups is 3. The van der Waals surface area contributed by atoms with Gasteiger partial charge in [0, 0.05) is 0 Å². The van der Waals surface area contributed by atoms with E-state index in [1.807, 2.05) is 0 Å². The number of allylic oxidation sites excluding steroid dienone is 4. The molecule has 0 spiro atoms. The monoisotopic (exact) mass is 314 g/mol. The summed E-state index contributed by atoms with van der Waals surface area (Å²) in [7, 11) is 0.0291. The van der Waals surface area contributed by atoms with Gasteiger partial charge in [0.1, 0.15) is 0 Å². The van der Waals surface area contributed by atoms with Gasteiger partial charge in [-0.2, -0.15) is 12.6 Å². The summed E-state index contributed by atoms with van der Waals surface area (Å²) in [5, 5.41) is 11.4. The van der Waals surface area contributed by atoms with E-state index in [2.05, 4.69) is 65.5 Å². The van der Waals surface area contributed by atoms with Gasteiger partial charge in [0.2, 0.25) is 0 Å². The Morgan fingerprint density at radius 1 is 0.789 bits per heavy atom. The van der Waals surface area contributed by atoms with Gasteiger partial charge in [0.15, 0.2) is 0 Å². The summed E-state index contributed by atoms with van der Waals surface area (Å²) in [4.78, 5) is 0. The summed E-state index contributed by atoms with van der Waals surface area (Å²) in [5.41, 5.74) is 0. The summed E-state index contributed by atoms with van der Waals surface area (Å²) < 4.78 is 0. The van der Waals surface area contributed by atoms with Crippen molar-refractivity contribution in [1.29, 1.82) is 0 Å². The zero-order valence-corrected chi connectivity index (χ0v) is 14.3. The van der Waals surface area contributed by atoms with Crippen LogP contribution in [0.3, 0.4) is 0 Å². The molecule has 2 unspecified atom stereocenters. The highest BCUT2D eigenvalue weighted by atomic mass is 32.2. The van der Waals surface area contributed by atoms with Crippen LogP contribution in [0.25, 0.3) is 0 Å². The van der Waals surface area contributed by atoms with Gasteiger partial charge in [0.05, 0.1) is 0 Å². The molecule has 108 valence electrons. The standard InChI is InChI=1S/C16H26S3/c1-2-15(18-11-3-4-12-18)7-8-16(9-10-17)19-13-5-6-14-19/h3-6,11-19H,2,7-10H2,1H3. The van der Waals surface area contributed by atoms with Crippen LogP contribution in [0.2, 0.25) is 0 Å². The Labute approximate surface area is 129 Å². The van der Waals surface area contributed by atoms with Gasteiger partial charge in [-0.3, -0.25) is 0 Å². The molecule has 0 fully saturated rings. The molecular formula is C16H26S3. The lowest BCUT2D eigenvalue weighted by Gasteiger charge is -2.28. The van der Waals surface area contributed by atoms with Crippen molar-refractivity contribution in [2.75, 3.05) is 5.75 Å². The van der Waals surface area contributed by atoms with Crippen LogP contribution in [0.1, 0.15) is 32.6 Å². The van der Waals surface area contributed by atoms with Crippen molar-refractivity contribution < 1.29 is 0 Å². The molecule has 0 aromatic heterocycles. The highest BCUT2D eigenvalue weighted by Crippen LogP contribution is 2.46. The van der Waals surface area contributed by atoms with Gasteiger partial charge >= 0.3 is 0 Å². The van der Waals surface area contributed by atoms with Crippen molar-refractivity contribution in [2.45, 2.75) is 43.1 Å². The van der Waals surface area contributed by atoms with Crippen molar-refractivity contribution in [3.8, 4) is 0 Å². The molecule has 2 rings (SSSR count). The second-order valence-electron chi connectivity index (χ2n) is 5.07. The summed E-state index contributed by atoms with van der Waals surface area (Å²) in [6.45, 7) is 2.35. The minimum Gasteiger partial charge on any atom is -0.210 e. The molecule has 3 heteroatoms. The molecular weight excluding hydrogens is 288 g/mol. The quantitative estimate of drug-likeness (QED) is 0.496. The largest absolute Gasteiger partial charge is 0.210 e. The topological polar surface area (TPSA) is 0 Å². The van der Waals surface area contributed by atoms with Gasteiger partial charge in [-0.25, -0.2) is 21.8 Å². The summed E-state index contributed by atoms with van der Waals surface area (Å²) >= 11 is 4.45. The summed E-state index contributed by atoms with van der Waals surface area (Å²) in [6.07, 6.45) is 14.2. The summed E-state index contributed by atoms with van der Waals surface area (Å²) in [6, 6.07) is 0. The Balaban J connectivity index is 1.86. The van der Waals surface area contributed by atoms with Crippen LogP contribution in [0.15, 0.2) is 45.9 Å². The zero-order chi connectivity index (χ0) is 13.5. The first-order valence-electron chi connectivity index (χ1n) is 7.21. The lowest BCUT2D eigenvalue weighted by atomic mass is 10.1. The van der Waals surface area contributed by atoms with Gasteiger partial charge in [-0.15, -0.1) is 0 Å². The van der Waals surface area contributed by atoms with Crippen LogP contribution in [0.4, 0.5) is 0 Å². The van der Waals surface area contributed by atoms with Gasteiger partial charge in [0.25, 0.3) is 0 Å². The van der Waals surface area contributed by atoms with Crippen LogP contribution >= 0.6 is 34.4 Å². The predicted octanol–water partition coefficient (Wildman–Crippen LogP) is 5.32.